The molecular weight excluding hydrogens is 522 g/mol. The van der Waals surface area contributed by atoms with Crippen molar-refractivity contribution in [2.24, 2.45) is 5.10 Å². The molecule has 0 aromatic heterocycles. The number of anilines is 1. The van der Waals surface area contributed by atoms with Crippen molar-refractivity contribution in [1.82, 2.24) is 5.43 Å². The van der Waals surface area contributed by atoms with Crippen LogP contribution >= 0.6 is 11.8 Å². The highest BCUT2D eigenvalue weighted by Crippen LogP contribution is 2.28. The fourth-order valence-corrected chi connectivity index (χ4v) is 5.65. The molecule has 1 amide bonds. The predicted molar refractivity (Wildman–Crippen MR) is 152 cm³/mol. The van der Waals surface area contributed by atoms with E-state index in [9.17, 15) is 18.3 Å². The minimum Gasteiger partial charge on any atom is -0.507 e. The van der Waals surface area contributed by atoms with Crippen LogP contribution in [-0.4, -0.2) is 45.1 Å². The number of rotatable bonds is 10. The SMILES string of the molecule is CCOc1ccc(N(CC(=O)N/N=C\c2c(O)ccc3ccccc23)S(=O)(=O)c2ccc(SC)cc2)cc1. The van der Waals surface area contributed by atoms with Gasteiger partial charge in [-0.25, -0.2) is 13.8 Å². The Morgan fingerprint density at radius 1 is 1.03 bits per heavy atom. The minimum absolute atomic E-state index is 0.00832. The highest BCUT2D eigenvalue weighted by Gasteiger charge is 2.27. The second kappa shape index (κ2) is 12.0. The molecule has 10 heteroatoms. The molecule has 0 bridgehead atoms. The van der Waals surface area contributed by atoms with Gasteiger partial charge in [0.2, 0.25) is 0 Å². The van der Waals surface area contributed by atoms with Crippen LogP contribution in [0, 0.1) is 0 Å². The van der Waals surface area contributed by atoms with Gasteiger partial charge in [0, 0.05) is 10.5 Å². The van der Waals surface area contributed by atoms with E-state index in [1.807, 2.05) is 37.4 Å². The summed E-state index contributed by atoms with van der Waals surface area (Å²) in [5.41, 5.74) is 3.12. The molecule has 196 valence electrons. The van der Waals surface area contributed by atoms with Crippen LogP contribution < -0.4 is 14.5 Å². The van der Waals surface area contributed by atoms with E-state index in [1.165, 1.54) is 30.1 Å². The molecule has 0 saturated carbocycles. The lowest BCUT2D eigenvalue weighted by Gasteiger charge is -2.24. The average molecular weight is 550 g/mol. The van der Waals surface area contributed by atoms with E-state index >= 15 is 0 Å². The topological polar surface area (TPSA) is 108 Å². The lowest BCUT2D eigenvalue weighted by molar-refractivity contribution is -0.119. The second-order valence-corrected chi connectivity index (χ2v) is 10.9. The third-order valence-corrected chi connectivity index (χ3v) is 8.23. The van der Waals surface area contributed by atoms with Crippen molar-refractivity contribution in [2.75, 3.05) is 23.7 Å². The lowest BCUT2D eigenvalue weighted by atomic mass is 10.0. The molecule has 4 aromatic carbocycles. The van der Waals surface area contributed by atoms with Crippen molar-refractivity contribution in [3.05, 3.63) is 90.5 Å². The second-order valence-electron chi connectivity index (χ2n) is 8.13. The molecule has 8 nitrogen and oxygen atoms in total. The Morgan fingerprint density at radius 2 is 1.74 bits per heavy atom. The smallest absolute Gasteiger partial charge is 0.264 e. The Bertz CT molecular complexity index is 1550. The number of hydrazone groups is 1. The normalized spacial score (nSPS) is 11.5. The minimum atomic E-state index is -4.08. The largest absolute Gasteiger partial charge is 0.507 e. The van der Waals surface area contributed by atoms with Gasteiger partial charge in [-0.15, -0.1) is 11.8 Å². The Hall–Kier alpha value is -4.02. The highest BCUT2D eigenvalue weighted by molar-refractivity contribution is 7.98. The van der Waals surface area contributed by atoms with Crippen LogP contribution in [0.2, 0.25) is 0 Å². The summed E-state index contributed by atoms with van der Waals surface area (Å²) in [5.74, 6) is -0.0602. The Balaban J connectivity index is 1.60. The number of thioether (sulfide) groups is 1. The van der Waals surface area contributed by atoms with E-state index in [-0.39, 0.29) is 10.6 Å². The molecule has 38 heavy (non-hydrogen) atoms. The first-order valence-electron chi connectivity index (χ1n) is 11.8. The molecule has 0 unspecified atom stereocenters. The number of sulfonamides is 1. The van der Waals surface area contributed by atoms with Crippen LogP contribution in [0.1, 0.15) is 12.5 Å². The van der Waals surface area contributed by atoms with Gasteiger partial charge in [-0.05, 0) is 78.5 Å². The summed E-state index contributed by atoms with van der Waals surface area (Å²) in [7, 11) is -4.08. The van der Waals surface area contributed by atoms with Gasteiger partial charge in [-0.3, -0.25) is 9.10 Å². The van der Waals surface area contributed by atoms with Crippen LogP contribution in [0.4, 0.5) is 5.69 Å². The zero-order valence-corrected chi connectivity index (χ0v) is 22.5. The number of nitrogens with one attached hydrogen (secondary N) is 1. The van der Waals surface area contributed by atoms with Crippen LogP contribution in [0.5, 0.6) is 11.5 Å². The molecule has 0 aliphatic heterocycles. The number of carbonyl (C=O) groups is 1. The predicted octanol–water partition coefficient (Wildman–Crippen LogP) is 5.01. The molecular formula is C28H27N3O5S2. The summed E-state index contributed by atoms with van der Waals surface area (Å²) in [4.78, 5) is 13.9. The molecule has 0 aliphatic rings. The van der Waals surface area contributed by atoms with Gasteiger partial charge in [-0.2, -0.15) is 5.10 Å². The number of aromatic hydroxyl groups is 1. The molecule has 0 radical (unpaired) electrons. The van der Waals surface area contributed by atoms with Crippen LogP contribution in [0.25, 0.3) is 10.8 Å². The maximum Gasteiger partial charge on any atom is 0.264 e. The number of fused-ring (bicyclic) bond motifs is 1. The van der Waals surface area contributed by atoms with E-state index in [0.29, 0.717) is 23.6 Å². The molecule has 0 fully saturated rings. The zero-order valence-electron chi connectivity index (χ0n) is 20.9. The van der Waals surface area contributed by atoms with Crippen molar-refractivity contribution >= 4 is 50.4 Å². The van der Waals surface area contributed by atoms with Crippen LogP contribution in [-0.2, 0) is 14.8 Å². The quantitative estimate of drug-likeness (QED) is 0.164. The molecule has 0 saturated heterocycles. The lowest BCUT2D eigenvalue weighted by Crippen LogP contribution is -2.39. The third kappa shape index (κ3) is 6.09. The number of ether oxygens (including phenoxy) is 1. The van der Waals surface area contributed by atoms with E-state index in [2.05, 4.69) is 10.5 Å². The van der Waals surface area contributed by atoms with Crippen molar-refractivity contribution in [2.45, 2.75) is 16.7 Å². The average Bonchev–Trinajstić information content (AvgIpc) is 2.93. The van der Waals surface area contributed by atoms with E-state index < -0.39 is 22.5 Å². The standard InChI is InChI=1S/C28H27N3O5S2/c1-3-36-22-11-9-21(10-12-22)31(38(34,35)24-15-13-23(37-2)14-16-24)19-28(33)30-29-18-26-25-7-5-4-6-20(25)8-17-27(26)32/h4-18,32H,3,19H2,1-2H3,(H,30,33)/b29-18-. The number of amides is 1. The number of phenolic OH excluding ortho intramolecular Hbond substituents is 1. The summed E-state index contributed by atoms with van der Waals surface area (Å²) in [6.45, 7) is 1.81. The molecule has 0 atom stereocenters. The fourth-order valence-electron chi connectivity index (χ4n) is 3.82. The summed E-state index contributed by atoms with van der Waals surface area (Å²) < 4.78 is 33.7. The molecule has 4 rings (SSSR count). The summed E-state index contributed by atoms with van der Waals surface area (Å²) in [6.07, 6.45) is 3.24. The number of phenols is 1. The van der Waals surface area contributed by atoms with Crippen LogP contribution in [0.3, 0.4) is 0 Å². The first kappa shape index (κ1) is 27.0. The van der Waals surface area contributed by atoms with Gasteiger partial charge in [0.05, 0.1) is 23.4 Å². The van der Waals surface area contributed by atoms with Gasteiger partial charge >= 0.3 is 0 Å². The van der Waals surface area contributed by atoms with E-state index in [0.717, 1.165) is 20.0 Å². The monoisotopic (exact) mass is 549 g/mol. The van der Waals surface area contributed by atoms with Gasteiger partial charge in [-0.1, -0.05) is 30.3 Å². The Kier molecular flexibility index (Phi) is 8.55. The van der Waals surface area contributed by atoms with Gasteiger partial charge < -0.3 is 9.84 Å². The summed E-state index contributed by atoms with van der Waals surface area (Å²) in [5, 5.41) is 15.9. The maximum absolute atomic E-state index is 13.6. The summed E-state index contributed by atoms with van der Waals surface area (Å²) in [6, 6.07) is 23.7. The molecule has 0 heterocycles. The Labute approximate surface area is 226 Å². The number of carbonyl (C=O) groups excluding carboxylic acids is 1. The molecule has 2 N–H and O–H groups in total. The molecule has 0 spiro atoms. The van der Waals surface area contributed by atoms with Gasteiger partial charge in [0.15, 0.2) is 0 Å². The zero-order chi connectivity index (χ0) is 27.1. The third-order valence-electron chi connectivity index (χ3n) is 5.70. The number of benzene rings is 4. The van der Waals surface area contributed by atoms with Crippen molar-refractivity contribution < 1.29 is 23.1 Å². The maximum atomic E-state index is 13.6. The number of nitrogens with zero attached hydrogens (tertiary/aromatic N) is 2. The van der Waals surface area contributed by atoms with Crippen molar-refractivity contribution in [1.29, 1.82) is 0 Å². The Morgan fingerprint density at radius 3 is 2.42 bits per heavy atom. The number of hydrogen-bond donors (Lipinski definition) is 2. The van der Waals surface area contributed by atoms with E-state index in [4.69, 9.17) is 4.74 Å². The summed E-state index contributed by atoms with van der Waals surface area (Å²) >= 11 is 1.50. The number of hydrogen-bond acceptors (Lipinski definition) is 7. The van der Waals surface area contributed by atoms with Crippen molar-refractivity contribution in [3.8, 4) is 11.5 Å². The van der Waals surface area contributed by atoms with Gasteiger partial charge in [0.25, 0.3) is 15.9 Å². The van der Waals surface area contributed by atoms with Crippen LogP contribution in [0.15, 0.2) is 99.8 Å². The van der Waals surface area contributed by atoms with Gasteiger partial charge in [0.1, 0.15) is 18.0 Å². The molecule has 4 aromatic rings. The van der Waals surface area contributed by atoms with Crippen molar-refractivity contribution in [3.63, 3.8) is 0 Å². The fraction of sp³-hybridized carbons (Fsp3) is 0.143. The molecule has 0 aliphatic carbocycles. The highest BCUT2D eigenvalue weighted by atomic mass is 32.2. The van der Waals surface area contributed by atoms with E-state index in [1.54, 1.807) is 48.5 Å². The first-order valence-corrected chi connectivity index (χ1v) is 14.4. The first-order chi connectivity index (χ1) is 18.3.